The Labute approximate surface area is 122 Å². The smallest absolute Gasteiger partial charge is 0.242 e. The lowest BCUT2D eigenvalue weighted by Gasteiger charge is -2.15. The molecular formula is C14H27N3O2S. The van der Waals surface area contributed by atoms with Crippen molar-refractivity contribution in [2.75, 3.05) is 6.54 Å². The van der Waals surface area contributed by atoms with Crippen LogP contribution < -0.4 is 10.0 Å². The highest BCUT2D eigenvalue weighted by atomic mass is 32.2. The molecule has 116 valence electrons. The fraction of sp³-hybridized carbons (Fsp3) is 0.714. The van der Waals surface area contributed by atoms with Crippen LogP contribution in [-0.2, 0) is 16.6 Å². The molecule has 0 amide bonds. The predicted octanol–water partition coefficient (Wildman–Crippen LogP) is 2.37. The third kappa shape index (κ3) is 5.26. The minimum Gasteiger partial charge on any atom is -0.363 e. The number of rotatable bonds is 10. The molecule has 0 saturated heterocycles. The fourth-order valence-corrected chi connectivity index (χ4v) is 3.43. The van der Waals surface area contributed by atoms with Crippen molar-refractivity contribution < 1.29 is 8.42 Å². The first kappa shape index (κ1) is 17.2. The second-order valence-corrected chi connectivity index (χ2v) is 6.77. The summed E-state index contributed by atoms with van der Waals surface area (Å²) in [6.45, 7) is 7.74. The van der Waals surface area contributed by atoms with Gasteiger partial charge in [0.1, 0.15) is 0 Å². The molecule has 0 saturated carbocycles. The molecule has 1 rings (SSSR count). The van der Waals surface area contributed by atoms with Crippen molar-refractivity contribution in [2.45, 2.75) is 63.9 Å². The molecule has 1 heterocycles. The quantitative estimate of drug-likeness (QED) is 0.581. The molecule has 0 aliphatic heterocycles. The zero-order valence-electron chi connectivity index (χ0n) is 12.7. The van der Waals surface area contributed by atoms with Crippen LogP contribution in [0.3, 0.4) is 0 Å². The van der Waals surface area contributed by atoms with E-state index in [-0.39, 0.29) is 6.04 Å². The summed E-state index contributed by atoms with van der Waals surface area (Å²) in [6.07, 6.45) is 5.26. The molecule has 0 fully saturated rings. The third-order valence-electron chi connectivity index (χ3n) is 3.22. The Morgan fingerprint density at radius 2 is 2.00 bits per heavy atom. The average molecular weight is 301 g/mol. The van der Waals surface area contributed by atoms with E-state index in [0.29, 0.717) is 11.4 Å². The third-order valence-corrected chi connectivity index (χ3v) is 4.72. The van der Waals surface area contributed by atoms with E-state index in [4.69, 9.17) is 0 Å². The Morgan fingerprint density at radius 3 is 2.60 bits per heavy atom. The number of H-pyrrole nitrogens is 1. The van der Waals surface area contributed by atoms with E-state index in [1.165, 1.54) is 0 Å². The van der Waals surface area contributed by atoms with Crippen LogP contribution in [0.25, 0.3) is 0 Å². The molecule has 1 atom stereocenters. The normalized spacial score (nSPS) is 13.6. The van der Waals surface area contributed by atoms with E-state index in [1.54, 1.807) is 12.3 Å². The van der Waals surface area contributed by atoms with E-state index in [1.807, 2.05) is 6.92 Å². The highest BCUT2D eigenvalue weighted by Crippen LogP contribution is 2.13. The highest BCUT2D eigenvalue weighted by molar-refractivity contribution is 7.89. The molecule has 1 aromatic rings. The van der Waals surface area contributed by atoms with Crippen molar-refractivity contribution in [3.05, 3.63) is 18.0 Å². The van der Waals surface area contributed by atoms with Gasteiger partial charge in [0, 0.05) is 24.5 Å². The maximum Gasteiger partial charge on any atom is 0.242 e. The molecule has 0 aromatic carbocycles. The summed E-state index contributed by atoms with van der Waals surface area (Å²) in [5.74, 6) is 0. The minimum absolute atomic E-state index is 0.0153. The van der Waals surface area contributed by atoms with Crippen LogP contribution in [0, 0.1) is 0 Å². The van der Waals surface area contributed by atoms with Gasteiger partial charge >= 0.3 is 0 Å². The molecule has 5 nitrogen and oxygen atoms in total. The monoisotopic (exact) mass is 301 g/mol. The van der Waals surface area contributed by atoms with Crippen molar-refractivity contribution in [3.8, 4) is 0 Å². The van der Waals surface area contributed by atoms with Gasteiger partial charge in [0.25, 0.3) is 0 Å². The van der Waals surface area contributed by atoms with Crippen LogP contribution >= 0.6 is 0 Å². The summed E-state index contributed by atoms with van der Waals surface area (Å²) in [4.78, 5) is 3.33. The van der Waals surface area contributed by atoms with E-state index < -0.39 is 10.0 Å². The van der Waals surface area contributed by atoms with Gasteiger partial charge < -0.3 is 10.3 Å². The highest BCUT2D eigenvalue weighted by Gasteiger charge is 2.19. The van der Waals surface area contributed by atoms with Crippen molar-refractivity contribution in [2.24, 2.45) is 0 Å². The van der Waals surface area contributed by atoms with Crippen LogP contribution in [-0.4, -0.2) is 26.0 Å². The second kappa shape index (κ2) is 8.44. The SMILES string of the molecule is CCCNCc1cc(S(=O)(=O)NC(CC)CCC)c[nH]1. The van der Waals surface area contributed by atoms with E-state index in [9.17, 15) is 8.42 Å². The summed E-state index contributed by atoms with van der Waals surface area (Å²) < 4.78 is 27.3. The number of aromatic amines is 1. The molecule has 0 bridgehead atoms. The summed E-state index contributed by atoms with van der Waals surface area (Å²) in [5.41, 5.74) is 0.891. The van der Waals surface area contributed by atoms with Crippen LogP contribution in [0.15, 0.2) is 17.2 Å². The first-order chi connectivity index (χ1) is 9.53. The number of nitrogens with one attached hydrogen (secondary N) is 3. The molecule has 1 aromatic heterocycles. The largest absolute Gasteiger partial charge is 0.363 e. The molecule has 0 radical (unpaired) electrons. The second-order valence-electron chi connectivity index (χ2n) is 5.05. The number of sulfonamides is 1. The molecule has 0 aliphatic carbocycles. The Hall–Kier alpha value is -0.850. The lowest BCUT2D eigenvalue weighted by molar-refractivity contribution is 0.512. The van der Waals surface area contributed by atoms with E-state index >= 15 is 0 Å². The van der Waals surface area contributed by atoms with Gasteiger partial charge in [0.2, 0.25) is 10.0 Å². The number of aromatic nitrogens is 1. The number of hydrogen-bond acceptors (Lipinski definition) is 3. The molecule has 0 aliphatic rings. The zero-order valence-corrected chi connectivity index (χ0v) is 13.5. The maximum atomic E-state index is 12.3. The topological polar surface area (TPSA) is 74.0 Å². The lowest BCUT2D eigenvalue weighted by atomic mass is 10.1. The standard InChI is InChI=1S/C14H27N3O2S/c1-4-7-12(6-3)17-20(18,19)14-9-13(16-11-14)10-15-8-5-2/h9,11-12,15-17H,4-8,10H2,1-3H3. The van der Waals surface area contributed by atoms with Crippen LogP contribution in [0.4, 0.5) is 0 Å². The summed E-state index contributed by atoms with van der Waals surface area (Å²) in [5, 5.41) is 3.24. The summed E-state index contributed by atoms with van der Waals surface area (Å²) in [6, 6.07) is 1.71. The minimum atomic E-state index is -3.41. The molecule has 3 N–H and O–H groups in total. The number of hydrogen-bond donors (Lipinski definition) is 3. The average Bonchev–Trinajstić information content (AvgIpc) is 2.88. The Balaban J connectivity index is 2.67. The van der Waals surface area contributed by atoms with Gasteiger partial charge in [-0.1, -0.05) is 27.2 Å². The van der Waals surface area contributed by atoms with Crippen molar-refractivity contribution in [3.63, 3.8) is 0 Å². The van der Waals surface area contributed by atoms with Crippen LogP contribution in [0.1, 0.15) is 52.1 Å². The van der Waals surface area contributed by atoms with E-state index in [2.05, 4.69) is 28.9 Å². The first-order valence-corrected chi connectivity index (χ1v) is 8.92. The molecule has 1 unspecified atom stereocenters. The van der Waals surface area contributed by atoms with Gasteiger partial charge in [-0.25, -0.2) is 13.1 Å². The summed E-state index contributed by atoms with van der Waals surface area (Å²) >= 11 is 0. The molecule has 6 heteroatoms. The molecular weight excluding hydrogens is 274 g/mol. The molecule has 20 heavy (non-hydrogen) atoms. The lowest BCUT2D eigenvalue weighted by Crippen LogP contribution is -2.34. The van der Waals surface area contributed by atoms with E-state index in [0.717, 1.165) is 37.9 Å². The maximum absolute atomic E-state index is 12.3. The fourth-order valence-electron chi connectivity index (χ4n) is 2.06. The van der Waals surface area contributed by atoms with Crippen molar-refractivity contribution in [1.82, 2.24) is 15.0 Å². The van der Waals surface area contributed by atoms with Crippen molar-refractivity contribution in [1.29, 1.82) is 0 Å². The van der Waals surface area contributed by atoms with Gasteiger partial charge in [0.15, 0.2) is 0 Å². The van der Waals surface area contributed by atoms with Gasteiger partial charge in [-0.3, -0.25) is 0 Å². The zero-order chi connectivity index (χ0) is 15.0. The Morgan fingerprint density at radius 1 is 1.25 bits per heavy atom. The van der Waals surface area contributed by atoms with Gasteiger partial charge in [-0.15, -0.1) is 0 Å². The van der Waals surface area contributed by atoms with Gasteiger partial charge in [-0.05, 0) is 31.9 Å². The summed E-state index contributed by atoms with van der Waals surface area (Å²) in [7, 11) is -3.41. The van der Waals surface area contributed by atoms with Gasteiger partial charge in [-0.2, -0.15) is 0 Å². The Bertz CT molecular complexity index is 482. The van der Waals surface area contributed by atoms with Gasteiger partial charge in [0.05, 0.1) is 4.90 Å². The van der Waals surface area contributed by atoms with Crippen LogP contribution in [0.2, 0.25) is 0 Å². The van der Waals surface area contributed by atoms with Crippen LogP contribution in [0.5, 0.6) is 0 Å². The Kier molecular flexibility index (Phi) is 7.26. The predicted molar refractivity (Wildman–Crippen MR) is 82.1 cm³/mol. The molecule has 0 spiro atoms. The first-order valence-electron chi connectivity index (χ1n) is 7.43. The van der Waals surface area contributed by atoms with Crippen molar-refractivity contribution >= 4 is 10.0 Å².